The lowest BCUT2D eigenvalue weighted by Crippen LogP contribution is -2.16. The lowest BCUT2D eigenvalue weighted by atomic mass is 10.2. The molecule has 0 aliphatic rings. The van der Waals surface area contributed by atoms with Gasteiger partial charge < -0.3 is 15.2 Å². The van der Waals surface area contributed by atoms with Crippen LogP contribution in [-0.2, 0) is 15.9 Å². The number of methoxy groups -OCH3 is 1. The van der Waals surface area contributed by atoms with Crippen molar-refractivity contribution in [1.29, 1.82) is 0 Å². The highest BCUT2D eigenvalue weighted by Crippen LogP contribution is 2.16. The van der Waals surface area contributed by atoms with E-state index in [2.05, 4.69) is 4.98 Å². The Bertz CT molecular complexity index is 323. The molecule has 0 aromatic carbocycles. The number of hydrogen-bond acceptors (Lipinski definition) is 5. The average molecular weight is 266 g/mol. The molecule has 0 amide bonds. The molecule has 0 saturated heterocycles. The maximum atomic E-state index is 11.8. The number of halogens is 2. The number of rotatable bonds is 8. The zero-order valence-electron chi connectivity index (χ0n) is 9.57. The minimum Gasteiger partial charge on any atom is -0.383 e. The molecule has 2 N–H and O–H groups in total. The molecule has 0 bridgehead atoms. The van der Waals surface area contributed by atoms with Crippen LogP contribution in [0.4, 0.5) is 8.78 Å². The van der Waals surface area contributed by atoms with Gasteiger partial charge in [-0.15, -0.1) is 11.3 Å². The summed E-state index contributed by atoms with van der Waals surface area (Å²) in [5, 5.41) is 2.69. The van der Waals surface area contributed by atoms with E-state index in [-0.39, 0.29) is 12.6 Å². The Balaban J connectivity index is 2.30. The number of thiazole rings is 1. The zero-order chi connectivity index (χ0) is 12.7. The number of nitrogens with zero attached hydrogens (tertiary/aromatic N) is 1. The van der Waals surface area contributed by atoms with E-state index < -0.39 is 13.0 Å². The van der Waals surface area contributed by atoms with Crippen molar-refractivity contribution in [3.05, 3.63) is 16.1 Å². The molecule has 0 fully saturated rings. The van der Waals surface area contributed by atoms with Crippen LogP contribution >= 0.6 is 11.3 Å². The van der Waals surface area contributed by atoms with Crippen LogP contribution in [0.2, 0.25) is 0 Å². The van der Waals surface area contributed by atoms with Crippen molar-refractivity contribution >= 4 is 11.3 Å². The minimum absolute atomic E-state index is 0.244. The third-order valence-corrected chi connectivity index (χ3v) is 2.93. The first-order chi connectivity index (χ1) is 8.13. The Labute approximate surface area is 103 Å². The second-order valence-electron chi connectivity index (χ2n) is 3.44. The van der Waals surface area contributed by atoms with Gasteiger partial charge in [-0.3, -0.25) is 0 Å². The molecule has 1 rings (SSSR count). The van der Waals surface area contributed by atoms with Crippen molar-refractivity contribution in [2.75, 3.05) is 26.9 Å². The second kappa shape index (κ2) is 7.65. The van der Waals surface area contributed by atoms with Gasteiger partial charge in [0.25, 0.3) is 6.43 Å². The highest BCUT2D eigenvalue weighted by molar-refractivity contribution is 7.09. The number of ether oxygens (including phenoxy) is 2. The fourth-order valence-corrected chi connectivity index (χ4v) is 2.05. The maximum Gasteiger partial charge on any atom is 0.261 e. The standard InChI is InChI=1S/C10H16F2N2O2S/c1-15-4-7(13)8-6-17-10(14-8)2-3-16-5-9(11)12/h6-7,9H,2-5,13H2,1H3. The summed E-state index contributed by atoms with van der Waals surface area (Å²) in [5.41, 5.74) is 6.57. The fraction of sp³-hybridized carbons (Fsp3) is 0.700. The molecule has 1 heterocycles. The number of aromatic nitrogens is 1. The molecule has 0 saturated carbocycles. The minimum atomic E-state index is -2.42. The predicted octanol–water partition coefficient (Wildman–Crippen LogP) is 1.61. The van der Waals surface area contributed by atoms with E-state index in [1.54, 1.807) is 7.11 Å². The van der Waals surface area contributed by atoms with Gasteiger partial charge in [0.05, 0.1) is 30.0 Å². The number of hydrogen-bond donors (Lipinski definition) is 1. The molecule has 1 aromatic rings. The van der Waals surface area contributed by atoms with Crippen LogP contribution in [0.1, 0.15) is 16.7 Å². The molecule has 0 radical (unpaired) electrons. The zero-order valence-corrected chi connectivity index (χ0v) is 10.4. The van der Waals surface area contributed by atoms with Gasteiger partial charge in [-0.25, -0.2) is 13.8 Å². The Morgan fingerprint density at radius 2 is 2.24 bits per heavy atom. The Kier molecular flexibility index (Phi) is 6.49. The Hall–Kier alpha value is -0.630. The van der Waals surface area contributed by atoms with Crippen LogP contribution in [0.5, 0.6) is 0 Å². The summed E-state index contributed by atoms with van der Waals surface area (Å²) in [4.78, 5) is 4.29. The highest BCUT2D eigenvalue weighted by Gasteiger charge is 2.10. The molecule has 1 atom stereocenters. The van der Waals surface area contributed by atoms with Gasteiger partial charge in [-0.2, -0.15) is 0 Å². The van der Waals surface area contributed by atoms with Crippen LogP contribution in [0.25, 0.3) is 0 Å². The molecule has 4 nitrogen and oxygen atoms in total. The van der Waals surface area contributed by atoms with Gasteiger partial charge in [0, 0.05) is 18.9 Å². The lowest BCUT2D eigenvalue weighted by Gasteiger charge is -2.06. The summed E-state index contributed by atoms with van der Waals surface area (Å²) in [6.07, 6.45) is -1.89. The first-order valence-electron chi connectivity index (χ1n) is 5.18. The van der Waals surface area contributed by atoms with E-state index in [0.717, 1.165) is 10.7 Å². The van der Waals surface area contributed by atoms with Crippen LogP contribution in [0, 0.1) is 0 Å². The second-order valence-corrected chi connectivity index (χ2v) is 4.39. The molecule has 1 unspecified atom stereocenters. The first kappa shape index (κ1) is 14.4. The van der Waals surface area contributed by atoms with E-state index in [1.165, 1.54) is 11.3 Å². The van der Waals surface area contributed by atoms with Crippen LogP contribution in [-0.4, -0.2) is 38.3 Å². The highest BCUT2D eigenvalue weighted by atomic mass is 32.1. The van der Waals surface area contributed by atoms with E-state index in [9.17, 15) is 8.78 Å². The normalized spacial score (nSPS) is 13.2. The van der Waals surface area contributed by atoms with Crippen molar-refractivity contribution in [3.8, 4) is 0 Å². The van der Waals surface area contributed by atoms with Gasteiger partial charge in [-0.1, -0.05) is 0 Å². The SMILES string of the molecule is COCC(N)c1csc(CCOCC(F)F)n1. The summed E-state index contributed by atoms with van der Waals surface area (Å²) in [7, 11) is 1.57. The van der Waals surface area contributed by atoms with Crippen molar-refractivity contribution in [3.63, 3.8) is 0 Å². The molecule has 0 spiro atoms. The number of alkyl halides is 2. The first-order valence-corrected chi connectivity index (χ1v) is 6.06. The monoisotopic (exact) mass is 266 g/mol. The molecule has 7 heteroatoms. The van der Waals surface area contributed by atoms with E-state index >= 15 is 0 Å². The molecular weight excluding hydrogens is 250 g/mol. The third-order valence-electron chi connectivity index (χ3n) is 2.00. The lowest BCUT2D eigenvalue weighted by molar-refractivity contribution is 0.0187. The Morgan fingerprint density at radius 1 is 1.47 bits per heavy atom. The topological polar surface area (TPSA) is 57.4 Å². The predicted molar refractivity (Wildman–Crippen MR) is 61.4 cm³/mol. The van der Waals surface area contributed by atoms with E-state index in [4.69, 9.17) is 15.2 Å². The largest absolute Gasteiger partial charge is 0.383 e. The van der Waals surface area contributed by atoms with Crippen LogP contribution in [0.15, 0.2) is 5.38 Å². The van der Waals surface area contributed by atoms with Crippen molar-refractivity contribution in [2.24, 2.45) is 5.73 Å². The molecule has 17 heavy (non-hydrogen) atoms. The third kappa shape index (κ3) is 5.49. The Morgan fingerprint density at radius 3 is 2.88 bits per heavy atom. The fourth-order valence-electron chi connectivity index (χ4n) is 1.21. The quantitative estimate of drug-likeness (QED) is 0.726. The van der Waals surface area contributed by atoms with E-state index in [1.807, 2.05) is 5.38 Å². The van der Waals surface area contributed by atoms with Crippen LogP contribution in [0.3, 0.4) is 0 Å². The number of nitrogens with two attached hydrogens (primary N) is 1. The average Bonchev–Trinajstić information content (AvgIpc) is 2.73. The maximum absolute atomic E-state index is 11.8. The van der Waals surface area contributed by atoms with Gasteiger partial charge >= 0.3 is 0 Å². The summed E-state index contributed by atoms with van der Waals surface area (Å²) in [6, 6.07) is -0.244. The molecule has 0 aliphatic heterocycles. The van der Waals surface area contributed by atoms with Crippen molar-refractivity contribution < 1.29 is 18.3 Å². The van der Waals surface area contributed by atoms with Gasteiger partial charge in [0.1, 0.15) is 6.61 Å². The molecule has 1 aromatic heterocycles. The molecule has 0 aliphatic carbocycles. The summed E-state index contributed by atoms with van der Waals surface area (Å²) in [6.45, 7) is 0.128. The smallest absolute Gasteiger partial charge is 0.261 e. The van der Waals surface area contributed by atoms with E-state index in [0.29, 0.717) is 13.0 Å². The van der Waals surface area contributed by atoms with Gasteiger partial charge in [0.2, 0.25) is 0 Å². The van der Waals surface area contributed by atoms with Gasteiger partial charge in [0.15, 0.2) is 0 Å². The summed E-state index contributed by atoms with van der Waals surface area (Å²) < 4.78 is 33.3. The van der Waals surface area contributed by atoms with Crippen molar-refractivity contribution in [1.82, 2.24) is 4.98 Å². The van der Waals surface area contributed by atoms with Crippen molar-refractivity contribution in [2.45, 2.75) is 18.9 Å². The van der Waals surface area contributed by atoms with Crippen LogP contribution < -0.4 is 5.73 Å². The summed E-state index contributed by atoms with van der Waals surface area (Å²) in [5.74, 6) is 0. The molecule has 98 valence electrons. The molecular formula is C10H16F2N2O2S. The van der Waals surface area contributed by atoms with Gasteiger partial charge in [-0.05, 0) is 0 Å². The summed E-state index contributed by atoms with van der Waals surface area (Å²) >= 11 is 1.45.